The summed E-state index contributed by atoms with van der Waals surface area (Å²) in [6, 6.07) is 0. The lowest BCUT2D eigenvalue weighted by atomic mass is 9.93. The predicted molar refractivity (Wildman–Crippen MR) is 85.2 cm³/mol. The molecule has 0 spiro atoms. The maximum atomic E-state index is 12.2. The van der Waals surface area contributed by atoms with Crippen LogP contribution in [0.15, 0.2) is 0 Å². The molecule has 2 aliphatic rings. The molecular formula is C17H32N2O2. The van der Waals surface area contributed by atoms with Gasteiger partial charge in [0, 0.05) is 5.54 Å². The Kier molecular flexibility index (Phi) is 5.67. The Morgan fingerprint density at radius 3 is 2.14 bits per heavy atom. The highest BCUT2D eigenvalue weighted by molar-refractivity contribution is 5.72. The van der Waals surface area contributed by atoms with Crippen LogP contribution in [0.25, 0.3) is 0 Å². The third-order valence-corrected chi connectivity index (χ3v) is 5.08. The lowest BCUT2D eigenvalue weighted by molar-refractivity contribution is -0.152. The van der Waals surface area contributed by atoms with E-state index in [1.54, 1.807) is 0 Å². The summed E-state index contributed by atoms with van der Waals surface area (Å²) in [6.45, 7) is 11.6. The molecule has 0 bridgehead atoms. The monoisotopic (exact) mass is 296 g/mol. The van der Waals surface area contributed by atoms with E-state index >= 15 is 0 Å². The van der Waals surface area contributed by atoms with Crippen LogP contribution in [-0.4, -0.2) is 61.1 Å². The van der Waals surface area contributed by atoms with E-state index in [0.29, 0.717) is 12.5 Å². The molecule has 21 heavy (non-hydrogen) atoms. The van der Waals surface area contributed by atoms with Gasteiger partial charge in [-0.25, -0.2) is 0 Å². The summed E-state index contributed by atoms with van der Waals surface area (Å²) in [5.74, 6) is 0.733. The Morgan fingerprint density at radius 1 is 1.05 bits per heavy atom. The first kappa shape index (κ1) is 16.8. The molecule has 0 saturated carbocycles. The lowest BCUT2D eigenvalue weighted by Crippen LogP contribution is -2.47. The number of nitrogens with zero attached hydrogens (tertiary/aromatic N) is 2. The van der Waals surface area contributed by atoms with E-state index < -0.39 is 0 Å². The summed E-state index contributed by atoms with van der Waals surface area (Å²) in [7, 11) is 2.16. The van der Waals surface area contributed by atoms with Gasteiger partial charge in [-0.1, -0.05) is 0 Å². The van der Waals surface area contributed by atoms with Crippen LogP contribution in [0, 0.1) is 11.8 Å². The van der Waals surface area contributed by atoms with E-state index in [1.165, 1.54) is 0 Å². The second kappa shape index (κ2) is 7.10. The fraction of sp³-hybridized carbons (Fsp3) is 0.941. The Bertz CT molecular complexity index is 335. The van der Waals surface area contributed by atoms with Crippen LogP contribution in [0.4, 0.5) is 0 Å². The highest BCUT2D eigenvalue weighted by Gasteiger charge is 2.31. The van der Waals surface area contributed by atoms with Crippen molar-refractivity contribution in [3.63, 3.8) is 0 Å². The third kappa shape index (κ3) is 4.96. The number of carbonyl (C=O) groups excluding carboxylic acids is 1. The minimum Gasteiger partial charge on any atom is -0.465 e. The van der Waals surface area contributed by atoms with Gasteiger partial charge in [0.1, 0.15) is 0 Å². The molecule has 0 aromatic heterocycles. The van der Waals surface area contributed by atoms with E-state index in [2.05, 4.69) is 37.6 Å². The highest BCUT2D eigenvalue weighted by Crippen LogP contribution is 2.25. The van der Waals surface area contributed by atoms with E-state index in [-0.39, 0.29) is 17.4 Å². The predicted octanol–water partition coefficient (Wildman–Crippen LogP) is 2.38. The van der Waals surface area contributed by atoms with Crippen LogP contribution in [0.1, 0.15) is 46.5 Å². The van der Waals surface area contributed by atoms with E-state index in [1.807, 2.05) is 0 Å². The van der Waals surface area contributed by atoms with Crippen LogP contribution in [0.5, 0.6) is 0 Å². The Morgan fingerprint density at radius 2 is 1.62 bits per heavy atom. The van der Waals surface area contributed by atoms with Gasteiger partial charge in [-0.3, -0.25) is 9.69 Å². The summed E-state index contributed by atoms with van der Waals surface area (Å²) in [5.41, 5.74) is 0.211. The highest BCUT2D eigenvalue weighted by atomic mass is 16.5. The first-order chi connectivity index (χ1) is 9.86. The minimum absolute atomic E-state index is 0.0440. The summed E-state index contributed by atoms with van der Waals surface area (Å²) < 4.78 is 5.60. The molecular weight excluding hydrogens is 264 g/mol. The van der Waals surface area contributed by atoms with Gasteiger partial charge in [-0.15, -0.1) is 0 Å². The molecule has 122 valence electrons. The summed E-state index contributed by atoms with van der Waals surface area (Å²) in [4.78, 5) is 17.0. The number of hydrogen-bond donors (Lipinski definition) is 0. The van der Waals surface area contributed by atoms with Gasteiger partial charge in [0.05, 0.1) is 12.5 Å². The molecule has 4 heteroatoms. The molecule has 0 atom stereocenters. The maximum Gasteiger partial charge on any atom is 0.309 e. The van der Waals surface area contributed by atoms with E-state index in [9.17, 15) is 4.79 Å². The number of ether oxygens (including phenoxy) is 1. The van der Waals surface area contributed by atoms with Crippen molar-refractivity contribution in [1.82, 2.24) is 9.80 Å². The number of esters is 1. The molecule has 0 aromatic rings. The molecule has 0 amide bonds. The molecule has 0 aromatic carbocycles. The smallest absolute Gasteiger partial charge is 0.309 e. The van der Waals surface area contributed by atoms with Gasteiger partial charge in [0.15, 0.2) is 0 Å². The van der Waals surface area contributed by atoms with Crippen molar-refractivity contribution in [2.45, 2.75) is 52.0 Å². The zero-order valence-corrected chi connectivity index (χ0v) is 14.2. The quantitative estimate of drug-likeness (QED) is 0.749. The van der Waals surface area contributed by atoms with Crippen LogP contribution >= 0.6 is 0 Å². The van der Waals surface area contributed by atoms with Crippen LogP contribution in [-0.2, 0) is 9.53 Å². The second-order valence-corrected chi connectivity index (χ2v) is 7.81. The molecule has 2 aliphatic heterocycles. The van der Waals surface area contributed by atoms with E-state index in [4.69, 9.17) is 4.74 Å². The van der Waals surface area contributed by atoms with Crippen LogP contribution in [0.3, 0.4) is 0 Å². The fourth-order valence-electron chi connectivity index (χ4n) is 3.33. The molecule has 4 nitrogen and oxygen atoms in total. The van der Waals surface area contributed by atoms with Crippen molar-refractivity contribution in [1.29, 1.82) is 0 Å². The molecule has 2 fully saturated rings. The average Bonchev–Trinajstić information content (AvgIpc) is 2.45. The zero-order chi connectivity index (χ0) is 15.5. The number of rotatable bonds is 3. The molecule has 2 heterocycles. The number of carbonyl (C=O) groups is 1. The van der Waals surface area contributed by atoms with Crippen molar-refractivity contribution >= 4 is 5.97 Å². The van der Waals surface area contributed by atoms with Gasteiger partial charge >= 0.3 is 5.97 Å². The van der Waals surface area contributed by atoms with Crippen molar-refractivity contribution in [2.75, 3.05) is 39.8 Å². The number of hydrogen-bond acceptors (Lipinski definition) is 4. The topological polar surface area (TPSA) is 32.8 Å². The molecule has 0 unspecified atom stereocenters. The number of piperidine rings is 2. The summed E-state index contributed by atoms with van der Waals surface area (Å²) in [5, 5.41) is 0. The van der Waals surface area contributed by atoms with Crippen LogP contribution in [0.2, 0.25) is 0 Å². The molecule has 0 aliphatic carbocycles. The molecule has 2 saturated heterocycles. The largest absolute Gasteiger partial charge is 0.465 e. The van der Waals surface area contributed by atoms with Gasteiger partial charge in [0.25, 0.3) is 0 Å². The lowest BCUT2D eigenvalue weighted by Gasteiger charge is -2.40. The zero-order valence-electron chi connectivity index (χ0n) is 14.2. The van der Waals surface area contributed by atoms with Crippen LogP contribution < -0.4 is 0 Å². The standard InChI is InChI=1S/C17H32N2O2/c1-17(2,3)19-11-7-15(8-12-19)16(20)21-13-14-5-9-18(4)10-6-14/h14-15H,5-13H2,1-4H3. The third-order valence-electron chi connectivity index (χ3n) is 5.08. The Balaban J connectivity index is 1.68. The minimum atomic E-state index is 0.0440. The first-order valence-electron chi connectivity index (χ1n) is 8.46. The fourth-order valence-corrected chi connectivity index (χ4v) is 3.33. The van der Waals surface area contributed by atoms with Gasteiger partial charge in [-0.2, -0.15) is 0 Å². The molecule has 0 radical (unpaired) electrons. The second-order valence-electron chi connectivity index (χ2n) is 7.81. The molecule has 0 N–H and O–H groups in total. The van der Waals surface area contributed by atoms with Gasteiger partial charge in [0.2, 0.25) is 0 Å². The van der Waals surface area contributed by atoms with Crippen molar-refractivity contribution in [3.8, 4) is 0 Å². The summed E-state index contributed by atoms with van der Waals surface area (Å²) >= 11 is 0. The Labute approximate surface area is 129 Å². The SMILES string of the molecule is CN1CCC(COC(=O)C2CCN(C(C)(C)C)CC2)CC1. The first-order valence-corrected chi connectivity index (χ1v) is 8.46. The normalized spacial score (nSPS) is 24.2. The van der Waals surface area contributed by atoms with Gasteiger partial charge in [-0.05, 0) is 85.6 Å². The van der Waals surface area contributed by atoms with Gasteiger partial charge < -0.3 is 9.64 Å². The average molecular weight is 296 g/mol. The van der Waals surface area contributed by atoms with Crippen molar-refractivity contribution in [2.24, 2.45) is 11.8 Å². The van der Waals surface area contributed by atoms with Crippen molar-refractivity contribution < 1.29 is 9.53 Å². The van der Waals surface area contributed by atoms with Crippen molar-refractivity contribution in [3.05, 3.63) is 0 Å². The van der Waals surface area contributed by atoms with E-state index in [0.717, 1.165) is 51.9 Å². The molecule has 2 rings (SSSR count). The summed E-state index contributed by atoms with van der Waals surface area (Å²) in [6.07, 6.45) is 4.21. The maximum absolute atomic E-state index is 12.2. The number of likely N-dealkylation sites (tertiary alicyclic amines) is 2. The Hall–Kier alpha value is -0.610.